The van der Waals surface area contributed by atoms with Gasteiger partial charge in [0.2, 0.25) is 5.91 Å². The van der Waals surface area contributed by atoms with Crippen LogP contribution in [0.3, 0.4) is 0 Å². The summed E-state index contributed by atoms with van der Waals surface area (Å²) in [5, 5.41) is 9.34. The average Bonchev–Trinajstić information content (AvgIpc) is 2.53. The van der Waals surface area contributed by atoms with E-state index in [2.05, 4.69) is 43.8 Å². The molecule has 0 saturated heterocycles. The van der Waals surface area contributed by atoms with Gasteiger partial charge in [-0.05, 0) is 31.0 Å². The van der Waals surface area contributed by atoms with Crippen LogP contribution in [-0.2, 0) is 4.79 Å². The molecule has 1 amide bonds. The second kappa shape index (κ2) is 13.5. The lowest BCUT2D eigenvalue weighted by atomic mass is 10.2. The molecule has 0 atom stereocenters. The monoisotopic (exact) mass is 510 g/mol. The highest BCUT2D eigenvalue weighted by Crippen LogP contribution is 2.20. The van der Waals surface area contributed by atoms with Crippen LogP contribution in [0.25, 0.3) is 0 Å². The quantitative estimate of drug-likeness (QED) is 0.214. The Morgan fingerprint density at radius 3 is 2.58 bits per heavy atom. The largest absolute Gasteiger partial charge is 0.356 e. The number of carbonyl (C=O) groups excluding carboxylic acids is 1. The van der Waals surface area contributed by atoms with Gasteiger partial charge in [-0.15, -0.1) is 24.0 Å². The van der Waals surface area contributed by atoms with Gasteiger partial charge in [-0.25, -0.2) is 0 Å². The zero-order chi connectivity index (χ0) is 17.1. The van der Waals surface area contributed by atoms with E-state index in [4.69, 9.17) is 0 Å². The summed E-state index contributed by atoms with van der Waals surface area (Å²) < 4.78 is 0.952. The highest BCUT2D eigenvalue weighted by molar-refractivity contribution is 14.0. The molecule has 0 aliphatic carbocycles. The summed E-state index contributed by atoms with van der Waals surface area (Å²) >= 11 is 3.41. The van der Waals surface area contributed by atoms with E-state index in [0.29, 0.717) is 13.0 Å². The van der Waals surface area contributed by atoms with Crippen LogP contribution in [0, 0.1) is 6.92 Å². The van der Waals surface area contributed by atoms with Crippen molar-refractivity contribution in [3.05, 3.63) is 28.2 Å². The molecule has 1 rings (SSSR count). The van der Waals surface area contributed by atoms with E-state index in [9.17, 15) is 4.79 Å². The van der Waals surface area contributed by atoms with Gasteiger partial charge in [0.1, 0.15) is 0 Å². The van der Waals surface area contributed by atoms with Crippen molar-refractivity contribution in [1.82, 2.24) is 10.6 Å². The third kappa shape index (κ3) is 9.46. The van der Waals surface area contributed by atoms with Crippen molar-refractivity contribution in [2.45, 2.75) is 39.5 Å². The number of aliphatic imine (C=N–C) groups is 1. The normalized spacial score (nSPS) is 10.8. The van der Waals surface area contributed by atoms with Crippen LogP contribution in [0.1, 0.15) is 38.2 Å². The third-order valence-electron chi connectivity index (χ3n) is 3.41. The number of guanidine groups is 1. The zero-order valence-electron chi connectivity index (χ0n) is 14.6. The minimum Gasteiger partial charge on any atom is -0.356 e. The molecule has 24 heavy (non-hydrogen) atoms. The minimum atomic E-state index is -0.0138. The molecule has 1 aromatic rings. The fraction of sp³-hybridized carbons (Fsp3) is 0.529. The summed E-state index contributed by atoms with van der Waals surface area (Å²) in [5.74, 6) is 0.729. The number of amides is 1. The molecule has 0 radical (unpaired) electrons. The van der Waals surface area contributed by atoms with E-state index < -0.39 is 0 Å². The smallest absolute Gasteiger partial charge is 0.226 e. The lowest BCUT2D eigenvalue weighted by Crippen LogP contribution is -2.39. The van der Waals surface area contributed by atoms with Crippen LogP contribution in [0.4, 0.5) is 5.69 Å². The van der Waals surface area contributed by atoms with E-state index >= 15 is 0 Å². The van der Waals surface area contributed by atoms with Gasteiger partial charge in [0.15, 0.2) is 5.96 Å². The first-order chi connectivity index (χ1) is 11.1. The van der Waals surface area contributed by atoms with E-state index in [-0.39, 0.29) is 29.9 Å². The molecule has 0 aromatic heterocycles. The number of unbranched alkanes of at least 4 members (excludes halogenated alkanes) is 2. The van der Waals surface area contributed by atoms with Gasteiger partial charge in [0.25, 0.3) is 0 Å². The number of rotatable bonds is 8. The van der Waals surface area contributed by atoms with Crippen molar-refractivity contribution < 1.29 is 4.79 Å². The van der Waals surface area contributed by atoms with Gasteiger partial charge in [-0.1, -0.05) is 41.8 Å². The van der Waals surface area contributed by atoms with E-state index in [1.165, 1.54) is 12.8 Å². The number of hydrogen-bond donors (Lipinski definition) is 3. The van der Waals surface area contributed by atoms with Crippen LogP contribution < -0.4 is 16.0 Å². The standard InChI is InChI=1S/C17H27BrN4O.HI/c1-4-5-6-10-20-17(19-3)21-11-9-16(23)22-15-12-14(18)8-7-13(15)2;/h7-8,12H,4-6,9-11H2,1-3H3,(H,22,23)(H2,19,20,21);1H. The number of nitrogens with one attached hydrogen (secondary N) is 3. The van der Waals surface area contributed by atoms with E-state index in [0.717, 1.165) is 34.6 Å². The van der Waals surface area contributed by atoms with Crippen molar-refractivity contribution in [1.29, 1.82) is 0 Å². The Morgan fingerprint density at radius 1 is 1.21 bits per heavy atom. The van der Waals surface area contributed by atoms with Gasteiger partial charge in [0, 0.05) is 36.7 Å². The molecule has 136 valence electrons. The molecule has 0 bridgehead atoms. The van der Waals surface area contributed by atoms with E-state index in [1.807, 2.05) is 25.1 Å². The Bertz CT molecular complexity index is 537. The number of nitrogens with zero attached hydrogens (tertiary/aromatic N) is 1. The van der Waals surface area contributed by atoms with Gasteiger partial charge >= 0.3 is 0 Å². The number of aryl methyl sites for hydroxylation is 1. The molecule has 7 heteroatoms. The summed E-state index contributed by atoms with van der Waals surface area (Å²) in [6, 6.07) is 5.84. The summed E-state index contributed by atoms with van der Waals surface area (Å²) in [5.41, 5.74) is 1.88. The molecule has 0 fully saturated rings. The fourth-order valence-electron chi connectivity index (χ4n) is 2.04. The van der Waals surface area contributed by atoms with Crippen molar-refractivity contribution in [3.8, 4) is 0 Å². The Kier molecular flexibility index (Phi) is 13.0. The van der Waals surface area contributed by atoms with Crippen LogP contribution >= 0.6 is 39.9 Å². The highest BCUT2D eigenvalue weighted by Gasteiger charge is 2.06. The van der Waals surface area contributed by atoms with Crippen LogP contribution in [-0.4, -0.2) is 32.0 Å². The number of hydrogen-bond acceptors (Lipinski definition) is 2. The van der Waals surface area contributed by atoms with Gasteiger partial charge in [-0.3, -0.25) is 9.79 Å². The molecule has 0 heterocycles. The maximum absolute atomic E-state index is 12.0. The van der Waals surface area contributed by atoms with Crippen molar-refractivity contribution >= 4 is 57.5 Å². The van der Waals surface area contributed by atoms with E-state index in [1.54, 1.807) is 7.05 Å². The maximum Gasteiger partial charge on any atom is 0.226 e. The summed E-state index contributed by atoms with van der Waals surface area (Å²) in [6.45, 7) is 5.60. The molecule has 0 spiro atoms. The minimum absolute atomic E-state index is 0. The number of carbonyl (C=O) groups is 1. The Morgan fingerprint density at radius 2 is 1.92 bits per heavy atom. The fourth-order valence-corrected chi connectivity index (χ4v) is 2.40. The Hall–Kier alpha value is -0.830. The molecule has 0 saturated carbocycles. The van der Waals surface area contributed by atoms with Crippen molar-refractivity contribution in [2.24, 2.45) is 4.99 Å². The molecule has 3 N–H and O–H groups in total. The zero-order valence-corrected chi connectivity index (χ0v) is 18.5. The van der Waals surface area contributed by atoms with Gasteiger partial charge < -0.3 is 16.0 Å². The predicted molar refractivity (Wildman–Crippen MR) is 116 cm³/mol. The summed E-state index contributed by atoms with van der Waals surface area (Å²) in [4.78, 5) is 16.2. The van der Waals surface area contributed by atoms with Crippen LogP contribution in [0.15, 0.2) is 27.7 Å². The number of halogens is 2. The van der Waals surface area contributed by atoms with Crippen molar-refractivity contribution in [2.75, 3.05) is 25.5 Å². The van der Waals surface area contributed by atoms with Crippen LogP contribution in [0.5, 0.6) is 0 Å². The second-order valence-electron chi connectivity index (χ2n) is 5.39. The van der Waals surface area contributed by atoms with Gasteiger partial charge in [-0.2, -0.15) is 0 Å². The molecular weight excluding hydrogens is 483 g/mol. The first kappa shape index (κ1) is 23.2. The number of anilines is 1. The van der Waals surface area contributed by atoms with Crippen LogP contribution in [0.2, 0.25) is 0 Å². The molecule has 0 unspecified atom stereocenters. The Labute approximate surface area is 170 Å². The molecule has 0 aliphatic rings. The summed E-state index contributed by atoms with van der Waals surface area (Å²) in [6.07, 6.45) is 3.92. The SMILES string of the molecule is CCCCCNC(=NC)NCCC(=O)Nc1cc(Br)ccc1C.I. The average molecular weight is 511 g/mol. The topological polar surface area (TPSA) is 65.5 Å². The number of benzene rings is 1. The molecule has 1 aromatic carbocycles. The maximum atomic E-state index is 12.0. The first-order valence-corrected chi connectivity index (χ1v) is 8.86. The molecule has 0 aliphatic heterocycles. The third-order valence-corrected chi connectivity index (χ3v) is 3.91. The first-order valence-electron chi connectivity index (χ1n) is 8.07. The Balaban J connectivity index is 0.00000529. The second-order valence-corrected chi connectivity index (χ2v) is 6.31. The lowest BCUT2D eigenvalue weighted by Gasteiger charge is -2.12. The summed E-state index contributed by atoms with van der Waals surface area (Å²) in [7, 11) is 1.74. The molecule has 5 nitrogen and oxygen atoms in total. The molecular formula is C17H28BrIN4O. The highest BCUT2D eigenvalue weighted by atomic mass is 127. The van der Waals surface area contributed by atoms with Gasteiger partial charge in [0.05, 0.1) is 0 Å². The predicted octanol–water partition coefficient (Wildman–Crippen LogP) is 4.06. The van der Waals surface area contributed by atoms with Crippen molar-refractivity contribution in [3.63, 3.8) is 0 Å². The lowest BCUT2D eigenvalue weighted by molar-refractivity contribution is -0.116.